The third kappa shape index (κ3) is 4.17. The summed E-state index contributed by atoms with van der Waals surface area (Å²) in [6.45, 7) is 3.73. The van der Waals surface area contributed by atoms with Gasteiger partial charge in [0, 0.05) is 24.5 Å². The van der Waals surface area contributed by atoms with Gasteiger partial charge in [0.1, 0.15) is 5.82 Å². The fraction of sp³-hybridized carbons (Fsp3) is 0.391. The molecule has 1 fully saturated rings. The van der Waals surface area contributed by atoms with E-state index in [1.165, 1.54) is 12.1 Å². The van der Waals surface area contributed by atoms with Gasteiger partial charge in [-0.15, -0.1) is 0 Å². The van der Waals surface area contributed by atoms with E-state index in [1.807, 2.05) is 30.0 Å². The van der Waals surface area contributed by atoms with Crippen molar-refractivity contribution in [3.05, 3.63) is 59.4 Å². The molecule has 2 aromatic rings. The van der Waals surface area contributed by atoms with Gasteiger partial charge < -0.3 is 15.0 Å². The number of anilines is 2. The van der Waals surface area contributed by atoms with Crippen molar-refractivity contribution in [1.29, 1.82) is 0 Å². The van der Waals surface area contributed by atoms with Gasteiger partial charge in [0.05, 0.1) is 18.4 Å². The molecule has 2 heterocycles. The van der Waals surface area contributed by atoms with Crippen LogP contribution in [0.2, 0.25) is 0 Å². The highest BCUT2D eigenvalue weighted by molar-refractivity contribution is 5.97. The smallest absolute Gasteiger partial charge is 0.232 e. The van der Waals surface area contributed by atoms with E-state index in [1.54, 1.807) is 12.1 Å². The Balaban J connectivity index is 1.50. The molecule has 0 saturated carbocycles. The molecule has 2 aliphatic heterocycles. The Labute approximate surface area is 169 Å². The second kappa shape index (κ2) is 8.33. The Kier molecular flexibility index (Phi) is 5.62. The molecule has 1 N–H and O–H groups in total. The first-order valence-corrected chi connectivity index (χ1v) is 10.1. The minimum Gasteiger partial charge on any atom is -0.381 e. The monoisotopic (exact) mass is 396 g/mol. The molecule has 2 aliphatic rings. The zero-order chi connectivity index (χ0) is 20.4. The van der Waals surface area contributed by atoms with Crippen LogP contribution >= 0.6 is 0 Å². The second-order valence-corrected chi connectivity index (χ2v) is 7.76. The maximum Gasteiger partial charge on any atom is 0.232 e. The quantitative estimate of drug-likeness (QED) is 0.853. The minimum atomic E-state index is -0.361. The number of hydrogen-bond donors (Lipinski definition) is 1. The summed E-state index contributed by atoms with van der Waals surface area (Å²) in [5, 5.41) is 2.83. The van der Waals surface area contributed by atoms with Gasteiger partial charge in [-0.05, 0) is 67.6 Å². The molecule has 152 valence electrons. The Bertz CT molecular complexity index is 907. The number of benzene rings is 2. The lowest BCUT2D eigenvalue weighted by Crippen LogP contribution is -2.40. The van der Waals surface area contributed by atoms with E-state index in [4.69, 9.17) is 4.74 Å². The van der Waals surface area contributed by atoms with Gasteiger partial charge in [0.2, 0.25) is 11.8 Å². The molecule has 2 atom stereocenters. The van der Waals surface area contributed by atoms with Crippen LogP contribution in [-0.2, 0) is 20.7 Å². The van der Waals surface area contributed by atoms with Crippen molar-refractivity contribution in [2.45, 2.75) is 32.1 Å². The van der Waals surface area contributed by atoms with E-state index in [0.717, 1.165) is 42.6 Å². The highest BCUT2D eigenvalue weighted by atomic mass is 19.1. The lowest BCUT2D eigenvalue weighted by Gasteiger charge is -2.32. The van der Waals surface area contributed by atoms with E-state index in [0.29, 0.717) is 18.9 Å². The fourth-order valence-corrected chi connectivity index (χ4v) is 4.00. The number of amides is 2. The zero-order valence-corrected chi connectivity index (χ0v) is 16.5. The molecule has 0 radical (unpaired) electrons. The second-order valence-electron chi connectivity index (χ2n) is 7.76. The summed E-state index contributed by atoms with van der Waals surface area (Å²) in [4.78, 5) is 27.4. The highest BCUT2D eigenvalue weighted by Gasteiger charge is 2.31. The number of halogens is 1. The molecule has 0 spiro atoms. The number of nitrogens with zero attached hydrogens (tertiary/aromatic N) is 1. The van der Waals surface area contributed by atoms with Gasteiger partial charge in [-0.2, -0.15) is 0 Å². The molecule has 29 heavy (non-hydrogen) atoms. The standard InChI is InChI=1S/C23H25FN2O3/c1-15(22(27)25-20-7-5-19(24)6-8-20)16-4-9-21-17(13-16)3-2-11-26(21)23(28)18-10-12-29-14-18/h4-9,13,15,18H,2-3,10-12,14H2,1H3,(H,25,27)/t15-,18+/m0/s1. The molecule has 4 rings (SSSR count). The summed E-state index contributed by atoms with van der Waals surface area (Å²) >= 11 is 0. The molecule has 1 saturated heterocycles. The molecule has 5 nitrogen and oxygen atoms in total. The van der Waals surface area contributed by atoms with Crippen LogP contribution in [0.5, 0.6) is 0 Å². The van der Waals surface area contributed by atoms with Crippen LogP contribution in [0.4, 0.5) is 15.8 Å². The van der Waals surface area contributed by atoms with Crippen molar-refractivity contribution < 1.29 is 18.7 Å². The van der Waals surface area contributed by atoms with Crippen LogP contribution in [0.1, 0.15) is 36.8 Å². The van der Waals surface area contributed by atoms with Gasteiger partial charge in [-0.3, -0.25) is 9.59 Å². The summed E-state index contributed by atoms with van der Waals surface area (Å²) in [6.07, 6.45) is 2.58. The van der Waals surface area contributed by atoms with Gasteiger partial charge >= 0.3 is 0 Å². The third-order valence-electron chi connectivity index (χ3n) is 5.77. The predicted octanol–water partition coefficient (Wildman–Crippen LogP) is 3.88. The van der Waals surface area contributed by atoms with Gasteiger partial charge in [0.15, 0.2) is 0 Å². The van der Waals surface area contributed by atoms with E-state index < -0.39 is 0 Å². The van der Waals surface area contributed by atoms with E-state index in [2.05, 4.69) is 5.32 Å². The number of ether oxygens (including phenoxy) is 1. The van der Waals surface area contributed by atoms with Crippen LogP contribution in [0.3, 0.4) is 0 Å². The molecule has 0 unspecified atom stereocenters. The molecule has 2 amide bonds. The average molecular weight is 396 g/mol. The topological polar surface area (TPSA) is 58.6 Å². The lowest BCUT2D eigenvalue weighted by atomic mass is 9.92. The first-order valence-electron chi connectivity index (χ1n) is 10.1. The lowest BCUT2D eigenvalue weighted by molar-refractivity contribution is -0.122. The van der Waals surface area contributed by atoms with Crippen LogP contribution in [0.15, 0.2) is 42.5 Å². The summed E-state index contributed by atoms with van der Waals surface area (Å²) in [6, 6.07) is 11.6. The maximum absolute atomic E-state index is 13.0. The minimum absolute atomic E-state index is 0.0546. The van der Waals surface area contributed by atoms with E-state index in [-0.39, 0.29) is 29.5 Å². The molecule has 2 aromatic carbocycles. The largest absolute Gasteiger partial charge is 0.381 e. The van der Waals surface area contributed by atoms with Crippen LogP contribution in [-0.4, -0.2) is 31.6 Å². The van der Waals surface area contributed by atoms with Crippen molar-refractivity contribution in [3.63, 3.8) is 0 Å². The third-order valence-corrected chi connectivity index (χ3v) is 5.77. The maximum atomic E-state index is 13.0. The van der Waals surface area contributed by atoms with Crippen LogP contribution in [0.25, 0.3) is 0 Å². The molecular formula is C23H25FN2O3. The first-order chi connectivity index (χ1) is 14.0. The molecular weight excluding hydrogens is 371 g/mol. The van der Waals surface area contributed by atoms with Crippen molar-refractivity contribution in [2.24, 2.45) is 5.92 Å². The molecule has 0 bridgehead atoms. The van der Waals surface area contributed by atoms with Crippen LogP contribution in [0, 0.1) is 11.7 Å². The Morgan fingerprint density at radius 1 is 1.21 bits per heavy atom. The van der Waals surface area contributed by atoms with Crippen molar-refractivity contribution >= 4 is 23.2 Å². The number of hydrogen-bond acceptors (Lipinski definition) is 3. The Hall–Kier alpha value is -2.73. The van der Waals surface area contributed by atoms with E-state index in [9.17, 15) is 14.0 Å². The van der Waals surface area contributed by atoms with Crippen LogP contribution < -0.4 is 10.2 Å². The van der Waals surface area contributed by atoms with Crippen molar-refractivity contribution in [2.75, 3.05) is 30.0 Å². The number of carbonyl (C=O) groups is 2. The Morgan fingerprint density at radius 3 is 2.72 bits per heavy atom. The SMILES string of the molecule is C[C@H](C(=O)Nc1ccc(F)cc1)c1ccc2c(c1)CCCN2C(=O)[C@@H]1CCOC1. The summed E-state index contributed by atoms with van der Waals surface area (Å²) in [5.74, 6) is -0.767. The first kappa shape index (κ1) is 19.6. The fourth-order valence-electron chi connectivity index (χ4n) is 4.00. The summed E-state index contributed by atoms with van der Waals surface area (Å²) < 4.78 is 18.4. The number of aryl methyl sites for hydroxylation is 1. The van der Waals surface area contributed by atoms with E-state index >= 15 is 0 Å². The van der Waals surface area contributed by atoms with Gasteiger partial charge in [-0.1, -0.05) is 12.1 Å². The van der Waals surface area contributed by atoms with Gasteiger partial charge in [0.25, 0.3) is 0 Å². The molecule has 6 heteroatoms. The van der Waals surface area contributed by atoms with Gasteiger partial charge in [-0.25, -0.2) is 4.39 Å². The normalized spacial score (nSPS) is 19.5. The summed E-state index contributed by atoms with van der Waals surface area (Å²) in [5.41, 5.74) is 3.52. The number of fused-ring (bicyclic) bond motifs is 1. The average Bonchev–Trinajstić information content (AvgIpc) is 3.28. The predicted molar refractivity (Wildman–Crippen MR) is 109 cm³/mol. The highest BCUT2D eigenvalue weighted by Crippen LogP contribution is 2.32. The molecule has 0 aromatic heterocycles. The number of carbonyl (C=O) groups excluding carboxylic acids is 2. The molecule has 0 aliphatic carbocycles. The Morgan fingerprint density at radius 2 is 2.00 bits per heavy atom. The van der Waals surface area contributed by atoms with Crippen molar-refractivity contribution in [3.8, 4) is 0 Å². The summed E-state index contributed by atoms with van der Waals surface area (Å²) in [7, 11) is 0. The number of rotatable bonds is 4. The van der Waals surface area contributed by atoms with Crippen molar-refractivity contribution in [1.82, 2.24) is 0 Å². The number of nitrogens with one attached hydrogen (secondary N) is 1. The zero-order valence-electron chi connectivity index (χ0n) is 16.5.